The molecule has 1 unspecified atom stereocenters. The number of hydrogen-bond acceptors (Lipinski definition) is 0. The highest BCUT2D eigenvalue weighted by atomic mass is 15.2. The molecule has 0 saturated carbocycles. The lowest BCUT2D eigenvalue weighted by Crippen LogP contribution is -2.23. The Balaban J connectivity index is 1.38. The Kier molecular flexibility index (Phi) is 4.64. The van der Waals surface area contributed by atoms with Gasteiger partial charge in [-0.3, -0.25) is 9.13 Å². The van der Waals surface area contributed by atoms with E-state index in [9.17, 15) is 0 Å². The van der Waals surface area contributed by atoms with Gasteiger partial charge in [-0.25, -0.2) is 0 Å². The molecule has 0 N–H and O–H groups in total. The van der Waals surface area contributed by atoms with Gasteiger partial charge in [-0.2, -0.15) is 0 Å². The molecule has 0 fully saturated rings. The van der Waals surface area contributed by atoms with E-state index in [2.05, 4.69) is 182 Å². The Morgan fingerprint density at radius 3 is 1.41 bits per heavy atom. The van der Waals surface area contributed by atoms with Gasteiger partial charge in [0.1, 0.15) is 5.82 Å². The van der Waals surface area contributed by atoms with Crippen molar-refractivity contribution in [2.24, 2.45) is 0 Å². The molecular weight excluding hydrogens is 621 g/mol. The van der Waals surface area contributed by atoms with E-state index < -0.39 is 0 Å². The van der Waals surface area contributed by atoms with E-state index in [1.807, 2.05) is 0 Å². The SMILES string of the molecule is c1ccc(-n2c3c(c4ccccc42)-n2c4ccccc4c4cc5c6ccccc6n6c5c(c42)C3c2c-6n(-c3ccccc3)c3ccccc23)cc1. The molecular formula is C47H28N4. The molecule has 11 aromatic rings. The molecule has 1 atom stereocenters. The predicted octanol–water partition coefficient (Wildman–Crippen LogP) is 11.6. The summed E-state index contributed by atoms with van der Waals surface area (Å²) in [6, 6.07) is 60.5. The number of rotatable bonds is 2. The van der Waals surface area contributed by atoms with Crippen LogP contribution >= 0.6 is 0 Å². The molecule has 7 aromatic carbocycles. The Morgan fingerprint density at radius 1 is 0.333 bits per heavy atom. The Bertz CT molecular complexity index is 3300. The average Bonchev–Trinajstić information content (AvgIpc) is 3.92. The molecule has 6 heterocycles. The molecule has 0 amide bonds. The van der Waals surface area contributed by atoms with Crippen molar-refractivity contribution >= 4 is 65.4 Å². The lowest BCUT2D eigenvalue weighted by atomic mass is 9.80. The zero-order valence-electron chi connectivity index (χ0n) is 27.5. The molecule has 51 heavy (non-hydrogen) atoms. The Morgan fingerprint density at radius 2 is 0.784 bits per heavy atom. The van der Waals surface area contributed by atoms with E-state index in [0.29, 0.717) is 0 Å². The van der Waals surface area contributed by atoms with E-state index in [1.54, 1.807) is 0 Å². The fourth-order valence-electron chi connectivity index (χ4n) is 9.95. The van der Waals surface area contributed by atoms with Gasteiger partial charge in [-0.1, -0.05) is 109 Å². The third-order valence-electron chi connectivity index (χ3n) is 11.7. The summed E-state index contributed by atoms with van der Waals surface area (Å²) in [6.07, 6.45) is 0. The molecule has 2 aliphatic heterocycles. The second-order valence-electron chi connectivity index (χ2n) is 14.1. The van der Waals surface area contributed by atoms with Crippen LogP contribution in [0.4, 0.5) is 0 Å². The lowest BCUT2D eigenvalue weighted by Gasteiger charge is -2.34. The molecule has 0 radical (unpaired) electrons. The third kappa shape index (κ3) is 2.97. The van der Waals surface area contributed by atoms with Gasteiger partial charge < -0.3 is 9.13 Å². The number of benzene rings is 7. The molecule has 0 saturated heterocycles. The van der Waals surface area contributed by atoms with Crippen molar-refractivity contribution in [2.45, 2.75) is 5.92 Å². The van der Waals surface area contributed by atoms with Gasteiger partial charge in [0.05, 0.1) is 50.4 Å². The van der Waals surface area contributed by atoms with Crippen molar-refractivity contribution < 1.29 is 0 Å². The van der Waals surface area contributed by atoms with Crippen molar-refractivity contribution in [1.82, 2.24) is 18.3 Å². The highest BCUT2D eigenvalue weighted by Gasteiger charge is 2.44. The van der Waals surface area contributed by atoms with Crippen LogP contribution in [0.5, 0.6) is 0 Å². The van der Waals surface area contributed by atoms with Crippen LogP contribution in [0.3, 0.4) is 0 Å². The molecule has 2 aliphatic rings. The van der Waals surface area contributed by atoms with Crippen LogP contribution in [0.15, 0.2) is 164 Å². The van der Waals surface area contributed by atoms with Crippen LogP contribution in [0.25, 0.3) is 88.3 Å². The Labute approximate surface area is 292 Å². The van der Waals surface area contributed by atoms with Crippen LogP contribution in [-0.2, 0) is 0 Å². The summed E-state index contributed by atoms with van der Waals surface area (Å²) in [6.45, 7) is 0. The first-order valence-electron chi connectivity index (χ1n) is 17.8. The minimum atomic E-state index is -0.0303. The van der Waals surface area contributed by atoms with Gasteiger partial charge in [-0.15, -0.1) is 0 Å². The first-order chi connectivity index (χ1) is 25.4. The summed E-state index contributed by atoms with van der Waals surface area (Å²) in [5.41, 5.74) is 15.3. The first kappa shape index (κ1) is 26.1. The summed E-state index contributed by atoms with van der Waals surface area (Å²) in [7, 11) is 0. The van der Waals surface area contributed by atoms with Crippen molar-refractivity contribution in [2.75, 3.05) is 0 Å². The maximum absolute atomic E-state index is 2.61. The van der Waals surface area contributed by atoms with Crippen molar-refractivity contribution in [3.8, 4) is 22.9 Å². The highest BCUT2D eigenvalue weighted by Crippen LogP contribution is 2.59. The van der Waals surface area contributed by atoms with Crippen LogP contribution in [0.1, 0.15) is 22.7 Å². The standard InChI is InChI=1S/C47H28N4/c1-3-15-28(16-4-1)48-39-26-14-10-22-33(39)45-46(48)41-40-32-21-9-13-25-38(32)49(29-17-5-2-6-18-29)47(40)51-37-24-12-8-20-31(37)35-27-34-30-19-7-11-23-36(30)50(45)43(34)42(41)44(35)51/h1-27,41H. The van der Waals surface area contributed by atoms with Crippen molar-refractivity contribution in [3.05, 3.63) is 181 Å². The average molecular weight is 649 g/mol. The molecule has 4 heteroatoms. The summed E-state index contributed by atoms with van der Waals surface area (Å²) < 4.78 is 10.3. The quantitative estimate of drug-likeness (QED) is 0.178. The zero-order chi connectivity index (χ0) is 32.9. The first-order valence-corrected chi connectivity index (χ1v) is 17.8. The minimum absolute atomic E-state index is 0.0303. The second-order valence-corrected chi connectivity index (χ2v) is 14.1. The highest BCUT2D eigenvalue weighted by molar-refractivity contribution is 6.24. The maximum atomic E-state index is 2.61. The van der Waals surface area contributed by atoms with Gasteiger partial charge in [-0.05, 0) is 54.6 Å². The predicted molar refractivity (Wildman–Crippen MR) is 210 cm³/mol. The summed E-state index contributed by atoms with van der Waals surface area (Å²) >= 11 is 0. The van der Waals surface area contributed by atoms with Gasteiger partial charge in [0.15, 0.2) is 0 Å². The van der Waals surface area contributed by atoms with Gasteiger partial charge in [0, 0.05) is 54.8 Å². The van der Waals surface area contributed by atoms with E-state index in [4.69, 9.17) is 0 Å². The van der Waals surface area contributed by atoms with Crippen molar-refractivity contribution in [1.29, 1.82) is 0 Å². The van der Waals surface area contributed by atoms with E-state index >= 15 is 0 Å². The topological polar surface area (TPSA) is 19.7 Å². The van der Waals surface area contributed by atoms with Crippen LogP contribution in [0.2, 0.25) is 0 Å². The largest absolute Gasteiger partial charge is 0.310 e. The molecule has 0 bridgehead atoms. The van der Waals surface area contributed by atoms with Gasteiger partial charge in [0.25, 0.3) is 0 Å². The van der Waals surface area contributed by atoms with E-state index in [-0.39, 0.29) is 5.92 Å². The fourth-order valence-corrected chi connectivity index (χ4v) is 9.95. The lowest BCUT2D eigenvalue weighted by molar-refractivity contribution is 0.820. The monoisotopic (exact) mass is 648 g/mol. The van der Waals surface area contributed by atoms with E-state index in [0.717, 1.165) is 0 Å². The Hall–Kier alpha value is -6.78. The smallest absolute Gasteiger partial charge is 0.127 e. The van der Waals surface area contributed by atoms with Crippen LogP contribution in [0, 0.1) is 0 Å². The van der Waals surface area contributed by atoms with Crippen LogP contribution < -0.4 is 0 Å². The molecule has 4 nitrogen and oxygen atoms in total. The van der Waals surface area contributed by atoms with Crippen LogP contribution in [-0.4, -0.2) is 18.3 Å². The number of nitrogens with zero attached hydrogens (tertiary/aromatic N) is 4. The summed E-state index contributed by atoms with van der Waals surface area (Å²) in [4.78, 5) is 0. The van der Waals surface area contributed by atoms with E-state index in [1.165, 1.54) is 105 Å². The molecule has 4 aromatic heterocycles. The van der Waals surface area contributed by atoms with Crippen molar-refractivity contribution in [3.63, 3.8) is 0 Å². The summed E-state index contributed by atoms with van der Waals surface area (Å²) in [5, 5.41) is 7.76. The number of hydrogen-bond donors (Lipinski definition) is 0. The number of aromatic nitrogens is 4. The number of fused-ring (bicyclic) bond motifs is 16. The van der Waals surface area contributed by atoms with Gasteiger partial charge >= 0.3 is 0 Å². The molecule has 13 rings (SSSR count). The number of para-hydroxylation sites is 6. The zero-order valence-corrected chi connectivity index (χ0v) is 27.5. The molecule has 0 spiro atoms. The summed E-state index contributed by atoms with van der Waals surface area (Å²) in [5.74, 6) is 1.20. The third-order valence-corrected chi connectivity index (χ3v) is 11.7. The van der Waals surface area contributed by atoms with Gasteiger partial charge in [0.2, 0.25) is 0 Å². The molecule has 0 aliphatic carbocycles. The second kappa shape index (κ2) is 9.06. The normalized spacial score (nSPS) is 14.5. The fraction of sp³-hybridized carbons (Fsp3) is 0.0213. The minimum Gasteiger partial charge on any atom is -0.310 e. The molecule has 236 valence electrons. The maximum Gasteiger partial charge on any atom is 0.127 e.